The van der Waals surface area contributed by atoms with Crippen LogP contribution >= 0.6 is 0 Å². The lowest BCUT2D eigenvalue weighted by atomic mass is 9.91. The minimum atomic E-state index is 0.358. The number of aryl methyl sites for hydroxylation is 1. The summed E-state index contributed by atoms with van der Waals surface area (Å²) in [4.78, 5) is 0. The Labute approximate surface area is 96.7 Å². The molecule has 1 aromatic rings. The van der Waals surface area contributed by atoms with E-state index in [4.69, 9.17) is 5.73 Å². The summed E-state index contributed by atoms with van der Waals surface area (Å²) in [5.41, 5.74) is 7.88. The van der Waals surface area contributed by atoms with Crippen LogP contribution in [0.5, 0.6) is 5.75 Å². The molecule has 0 saturated heterocycles. The summed E-state index contributed by atoms with van der Waals surface area (Å²) in [7, 11) is 0. The molecule has 1 aliphatic carbocycles. The van der Waals surface area contributed by atoms with E-state index in [1.807, 2.05) is 19.1 Å². The van der Waals surface area contributed by atoms with E-state index >= 15 is 0 Å². The molecule has 1 fully saturated rings. The highest BCUT2D eigenvalue weighted by Gasteiger charge is 2.18. The van der Waals surface area contributed by atoms with Crippen LogP contribution in [0.25, 0.3) is 0 Å². The van der Waals surface area contributed by atoms with Gasteiger partial charge in [-0.3, -0.25) is 0 Å². The smallest absolute Gasteiger partial charge is 0.118 e. The average molecular weight is 220 g/mol. The lowest BCUT2D eigenvalue weighted by Crippen LogP contribution is -2.32. The molecule has 1 aliphatic rings. The fraction of sp³-hybridized carbons (Fsp3) is 0.538. The lowest BCUT2D eigenvalue weighted by Gasteiger charge is -2.27. The maximum absolute atomic E-state index is 9.44. The molecule has 2 rings (SSSR count). The van der Waals surface area contributed by atoms with E-state index in [0.29, 0.717) is 17.8 Å². The molecule has 4 N–H and O–H groups in total. The fourth-order valence-electron chi connectivity index (χ4n) is 2.24. The predicted molar refractivity (Wildman–Crippen MR) is 66.7 cm³/mol. The van der Waals surface area contributed by atoms with E-state index in [1.54, 1.807) is 6.07 Å². The molecule has 3 nitrogen and oxygen atoms in total. The van der Waals surface area contributed by atoms with Crippen LogP contribution in [0.15, 0.2) is 18.2 Å². The molecule has 0 aliphatic heterocycles. The molecule has 0 amide bonds. The monoisotopic (exact) mass is 220 g/mol. The second-order valence-electron chi connectivity index (χ2n) is 4.76. The van der Waals surface area contributed by atoms with E-state index in [0.717, 1.165) is 36.9 Å². The van der Waals surface area contributed by atoms with Gasteiger partial charge in [0.05, 0.1) is 0 Å². The molecule has 0 heterocycles. The van der Waals surface area contributed by atoms with Gasteiger partial charge >= 0.3 is 0 Å². The largest absolute Gasteiger partial charge is 0.508 e. The Bertz CT molecular complexity index is 357. The first-order valence-electron chi connectivity index (χ1n) is 5.97. The highest BCUT2D eigenvalue weighted by atomic mass is 16.3. The standard InChI is InChI=1S/C13H20N2O/c1-9-8-12(6-7-13(9)16)15-11-4-2-10(14)3-5-11/h6-8,10-11,15-16H,2-5,14H2,1H3. The molecule has 0 spiro atoms. The molecule has 88 valence electrons. The SMILES string of the molecule is Cc1cc(NC2CCC(N)CC2)ccc1O. The van der Waals surface area contributed by atoms with Crippen molar-refractivity contribution < 1.29 is 5.11 Å². The first kappa shape index (κ1) is 11.3. The summed E-state index contributed by atoms with van der Waals surface area (Å²) in [6, 6.07) is 6.58. The van der Waals surface area contributed by atoms with Crippen LogP contribution in [-0.2, 0) is 0 Å². The molecular weight excluding hydrogens is 200 g/mol. The zero-order valence-electron chi connectivity index (χ0n) is 9.74. The zero-order valence-corrected chi connectivity index (χ0v) is 9.74. The van der Waals surface area contributed by atoms with Crippen LogP contribution in [0.1, 0.15) is 31.2 Å². The van der Waals surface area contributed by atoms with Crippen molar-refractivity contribution >= 4 is 5.69 Å². The van der Waals surface area contributed by atoms with Crippen molar-refractivity contribution in [2.24, 2.45) is 5.73 Å². The normalized spacial score (nSPS) is 25.4. The van der Waals surface area contributed by atoms with Gasteiger partial charge in [0, 0.05) is 17.8 Å². The maximum Gasteiger partial charge on any atom is 0.118 e. The van der Waals surface area contributed by atoms with Crippen LogP contribution in [0.2, 0.25) is 0 Å². The summed E-state index contributed by atoms with van der Waals surface area (Å²) in [5, 5.41) is 12.9. The average Bonchev–Trinajstić information content (AvgIpc) is 2.27. The topological polar surface area (TPSA) is 58.3 Å². The van der Waals surface area contributed by atoms with Crippen molar-refractivity contribution in [1.29, 1.82) is 0 Å². The molecule has 3 heteroatoms. The number of hydrogen-bond acceptors (Lipinski definition) is 3. The van der Waals surface area contributed by atoms with Gasteiger partial charge < -0.3 is 16.2 Å². The van der Waals surface area contributed by atoms with Gasteiger partial charge in [-0.25, -0.2) is 0 Å². The molecule has 0 unspecified atom stereocenters. The highest BCUT2D eigenvalue weighted by molar-refractivity contribution is 5.50. The predicted octanol–water partition coefficient (Wildman–Crippen LogP) is 2.38. The molecular formula is C13H20N2O. The minimum Gasteiger partial charge on any atom is -0.508 e. The third-order valence-corrected chi connectivity index (χ3v) is 3.34. The molecule has 1 aromatic carbocycles. The van der Waals surface area contributed by atoms with Crippen molar-refractivity contribution in [3.05, 3.63) is 23.8 Å². The number of rotatable bonds is 2. The zero-order chi connectivity index (χ0) is 11.5. The van der Waals surface area contributed by atoms with E-state index in [2.05, 4.69) is 5.32 Å². The summed E-state index contributed by atoms with van der Waals surface area (Å²) in [6.45, 7) is 1.91. The number of nitrogens with one attached hydrogen (secondary N) is 1. The van der Waals surface area contributed by atoms with E-state index < -0.39 is 0 Å². The lowest BCUT2D eigenvalue weighted by molar-refractivity contribution is 0.411. The summed E-state index contributed by atoms with van der Waals surface area (Å²) in [5.74, 6) is 0.358. The number of phenols is 1. The van der Waals surface area contributed by atoms with E-state index in [-0.39, 0.29) is 0 Å². The van der Waals surface area contributed by atoms with Gasteiger partial charge in [-0.1, -0.05) is 0 Å². The summed E-state index contributed by atoms with van der Waals surface area (Å²) in [6.07, 6.45) is 4.49. The maximum atomic E-state index is 9.44. The number of benzene rings is 1. The Kier molecular flexibility index (Phi) is 3.34. The van der Waals surface area contributed by atoms with E-state index in [1.165, 1.54) is 0 Å². The summed E-state index contributed by atoms with van der Waals surface area (Å²) >= 11 is 0. The molecule has 0 aromatic heterocycles. The van der Waals surface area contributed by atoms with Crippen LogP contribution in [0, 0.1) is 6.92 Å². The van der Waals surface area contributed by atoms with Crippen molar-refractivity contribution in [2.75, 3.05) is 5.32 Å². The first-order chi connectivity index (χ1) is 7.65. The number of phenolic OH excluding ortho intramolecular Hbond substituents is 1. The van der Waals surface area contributed by atoms with Gasteiger partial charge in [-0.05, 0) is 56.4 Å². The van der Waals surface area contributed by atoms with Crippen LogP contribution < -0.4 is 11.1 Å². The number of aromatic hydroxyl groups is 1. The van der Waals surface area contributed by atoms with Gasteiger partial charge in [-0.15, -0.1) is 0 Å². The minimum absolute atomic E-state index is 0.358. The van der Waals surface area contributed by atoms with E-state index in [9.17, 15) is 5.11 Å². The Morgan fingerprint density at radius 1 is 1.25 bits per heavy atom. The molecule has 16 heavy (non-hydrogen) atoms. The molecule has 0 atom stereocenters. The van der Waals surface area contributed by atoms with Gasteiger partial charge in [-0.2, -0.15) is 0 Å². The Hall–Kier alpha value is -1.22. The number of anilines is 1. The second-order valence-corrected chi connectivity index (χ2v) is 4.76. The number of hydrogen-bond donors (Lipinski definition) is 3. The van der Waals surface area contributed by atoms with Crippen molar-refractivity contribution in [1.82, 2.24) is 0 Å². The third kappa shape index (κ3) is 2.67. The van der Waals surface area contributed by atoms with Crippen molar-refractivity contribution in [3.63, 3.8) is 0 Å². The third-order valence-electron chi connectivity index (χ3n) is 3.34. The first-order valence-corrected chi connectivity index (χ1v) is 5.97. The Morgan fingerprint density at radius 2 is 1.94 bits per heavy atom. The quantitative estimate of drug-likeness (QED) is 0.671. The van der Waals surface area contributed by atoms with Gasteiger partial charge in [0.15, 0.2) is 0 Å². The van der Waals surface area contributed by atoms with Crippen LogP contribution in [-0.4, -0.2) is 17.2 Å². The van der Waals surface area contributed by atoms with Gasteiger partial charge in [0.2, 0.25) is 0 Å². The summed E-state index contributed by atoms with van der Waals surface area (Å²) < 4.78 is 0. The Morgan fingerprint density at radius 3 is 2.56 bits per heavy atom. The fourth-order valence-corrected chi connectivity index (χ4v) is 2.24. The van der Waals surface area contributed by atoms with Crippen molar-refractivity contribution in [2.45, 2.75) is 44.7 Å². The second kappa shape index (κ2) is 4.74. The Balaban J connectivity index is 1.96. The van der Waals surface area contributed by atoms with Gasteiger partial charge in [0.25, 0.3) is 0 Å². The molecule has 0 bridgehead atoms. The highest BCUT2D eigenvalue weighted by Crippen LogP contribution is 2.24. The molecule has 1 saturated carbocycles. The van der Waals surface area contributed by atoms with Gasteiger partial charge in [0.1, 0.15) is 5.75 Å². The molecule has 0 radical (unpaired) electrons. The van der Waals surface area contributed by atoms with Crippen molar-refractivity contribution in [3.8, 4) is 5.75 Å². The number of nitrogens with two attached hydrogens (primary N) is 1. The van der Waals surface area contributed by atoms with Crippen LogP contribution in [0.3, 0.4) is 0 Å². The van der Waals surface area contributed by atoms with Crippen LogP contribution in [0.4, 0.5) is 5.69 Å².